The van der Waals surface area contributed by atoms with E-state index in [0.29, 0.717) is 24.0 Å². The summed E-state index contributed by atoms with van der Waals surface area (Å²) in [5.41, 5.74) is 2.25. The summed E-state index contributed by atoms with van der Waals surface area (Å²) in [5.74, 6) is 1.42. The first-order valence-electron chi connectivity index (χ1n) is 7.91. The van der Waals surface area contributed by atoms with Crippen molar-refractivity contribution in [3.05, 3.63) is 41.3 Å². The predicted molar refractivity (Wildman–Crippen MR) is 91.2 cm³/mol. The summed E-state index contributed by atoms with van der Waals surface area (Å²) < 4.78 is 4.84. The van der Waals surface area contributed by atoms with Gasteiger partial charge in [0.25, 0.3) is 0 Å². The van der Waals surface area contributed by atoms with Gasteiger partial charge in [-0.15, -0.1) is 0 Å². The molecule has 1 saturated carbocycles. The zero-order chi connectivity index (χ0) is 17.1. The number of ether oxygens (including phenoxy) is 1. The molecule has 126 valence electrons. The van der Waals surface area contributed by atoms with Crippen molar-refractivity contribution in [3.63, 3.8) is 0 Å². The molecule has 2 aromatic rings. The van der Waals surface area contributed by atoms with Crippen molar-refractivity contribution in [1.29, 1.82) is 0 Å². The SMILES string of the molecule is COC(=O)c1ccc(CNc2nccc(N(C)C)n2)nc1C1CC1. The molecule has 0 atom stereocenters. The van der Waals surface area contributed by atoms with Crippen LogP contribution in [0.1, 0.15) is 40.5 Å². The van der Waals surface area contributed by atoms with Crippen molar-refractivity contribution in [2.45, 2.75) is 25.3 Å². The fourth-order valence-corrected chi connectivity index (χ4v) is 2.42. The molecule has 2 heterocycles. The van der Waals surface area contributed by atoms with Gasteiger partial charge < -0.3 is 15.0 Å². The molecule has 0 radical (unpaired) electrons. The minimum absolute atomic E-state index is 0.328. The third-order valence-corrected chi connectivity index (χ3v) is 3.88. The molecule has 1 N–H and O–H groups in total. The zero-order valence-electron chi connectivity index (χ0n) is 14.1. The second-order valence-corrected chi connectivity index (χ2v) is 5.99. The molecule has 0 unspecified atom stereocenters. The third kappa shape index (κ3) is 3.61. The lowest BCUT2D eigenvalue weighted by atomic mass is 10.1. The number of nitrogens with zero attached hydrogens (tertiary/aromatic N) is 4. The van der Waals surface area contributed by atoms with Gasteiger partial charge in [0.1, 0.15) is 5.82 Å². The van der Waals surface area contributed by atoms with Gasteiger partial charge in [0.2, 0.25) is 5.95 Å². The molecule has 1 fully saturated rings. The lowest BCUT2D eigenvalue weighted by Crippen LogP contribution is -2.13. The quantitative estimate of drug-likeness (QED) is 0.815. The van der Waals surface area contributed by atoms with E-state index in [1.165, 1.54) is 7.11 Å². The Labute approximate surface area is 141 Å². The topological polar surface area (TPSA) is 80.2 Å². The number of methoxy groups -OCH3 is 1. The Morgan fingerprint density at radius 2 is 2.08 bits per heavy atom. The smallest absolute Gasteiger partial charge is 0.339 e. The van der Waals surface area contributed by atoms with E-state index < -0.39 is 0 Å². The molecule has 7 nitrogen and oxygen atoms in total. The number of nitrogens with one attached hydrogen (secondary N) is 1. The summed E-state index contributed by atoms with van der Waals surface area (Å²) in [7, 11) is 5.26. The van der Waals surface area contributed by atoms with Crippen LogP contribution >= 0.6 is 0 Å². The van der Waals surface area contributed by atoms with Gasteiger partial charge in [0, 0.05) is 26.2 Å². The van der Waals surface area contributed by atoms with Crippen LogP contribution in [-0.4, -0.2) is 42.1 Å². The van der Waals surface area contributed by atoms with E-state index in [1.807, 2.05) is 31.1 Å². The third-order valence-electron chi connectivity index (χ3n) is 3.88. The largest absolute Gasteiger partial charge is 0.465 e. The minimum atomic E-state index is -0.328. The summed E-state index contributed by atoms with van der Waals surface area (Å²) in [4.78, 5) is 27.1. The molecule has 0 amide bonds. The zero-order valence-corrected chi connectivity index (χ0v) is 14.1. The van der Waals surface area contributed by atoms with Crippen LogP contribution in [0.5, 0.6) is 0 Å². The summed E-state index contributed by atoms with van der Waals surface area (Å²) in [5, 5.41) is 3.18. The second-order valence-electron chi connectivity index (χ2n) is 5.99. The number of hydrogen-bond donors (Lipinski definition) is 1. The Morgan fingerprint density at radius 3 is 2.75 bits per heavy atom. The predicted octanol–water partition coefficient (Wildman–Crippen LogP) is 2.21. The fraction of sp³-hybridized carbons (Fsp3) is 0.412. The van der Waals surface area contributed by atoms with Gasteiger partial charge in [0.05, 0.1) is 30.6 Å². The summed E-state index contributed by atoms with van der Waals surface area (Å²) >= 11 is 0. The van der Waals surface area contributed by atoms with Gasteiger partial charge in [-0.2, -0.15) is 4.98 Å². The molecule has 1 aliphatic rings. The first-order valence-corrected chi connectivity index (χ1v) is 7.91. The minimum Gasteiger partial charge on any atom is -0.465 e. The second kappa shape index (κ2) is 6.82. The van der Waals surface area contributed by atoms with E-state index in [9.17, 15) is 4.79 Å². The number of carbonyl (C=O) groups is 1. The maximum absolute atomic E-state index is 11.9. The normalized spacial score (nSPS) is 13.5. The van der Waals surface area contributed by atoms with Crippen molar-refractivity contribution in [2.24, 2.45) is 0 Å². The molecule has 24 heavy (non-hydrogen) atoms. The van der Waals surface area contributed by atoms with E-state index in [2.05, 4.69) is 20.3 Å². The Hall–Kier alpha value is -2.70. The Bertz CT molecular complexity index is 744. The first kappa shape index (κ1) is 16.2. The molecule has 0 saturated heterocycles. The molecule has 0 spiro atoms. The summed E-state index contributed by atoms with van der Waals surface area (Å²) in [6.45, 7) is 0.498. The highest BCUT2D eigenvalue weighted by Crippen LogP contribution is 2.40. The van der Waals surface area contributed by atoms with Crippen LogP contribution in [0, 0.1) is 0 Å². The Morgan fingerprint density at radius 1 is 1.29 bits per heavy atom. The van der Waals surface area contributed by atoms with E-state index >= 15 is 0 Å². The van der Waals surface area contributed by atoms with Crippen molar-refractivity contribution in [1.82, 2.24) is 15.0 Å². The van der Waals surface area contributed by atoms with Crippen molar-refractivity contribution < 1.29 is 9.53 Å². The van der Waals surface area contributed by atoms with Gasteiger partial charge in [0.15, 0.2) is 0 Å². The molecule has 1 aliphatic carbocycles. The summed E-state index contributed by atoms with van der Waals surface area (Å²) in [6, 6.07) is 5.47. The number of carbonyl (C=O) groups excluding carboxylic acids is 1. The van der Waals surface area contributed by atoms with E-state index in [4.69, 9.17) is 4.74 Å². The monoisotopic (exact) mass is 327 g/mol. The van der Waals surface area contributed by atoms with Gasteiger partial charge in [-0.25, -0.2) is 9.78 Å². The maximum Gasteiger partial charge on any atom is 0.339 e. The van der Waals surface area contributed by atoms with Crippen molar-refractivity contribution in [2.75, 3.05) is 31.4 Å². The number of anilines is 2. The molecule has 2 aromatic heterocycles. The average molecular weight is 327 g/mol. The van der Waals surface area contributed by atoms with Gasteiger partial charge in [-0.3, -0.25) is 4.98 Å². The highest BCUT2D eigenvalue weighted by Gasteiger charge is 2.30. The number of pyridine rings is 1. The van der Waals surface area contributed by atoms with Gasteiger partial charge in [-0.1, -0.05) is 0 Å². The fourth-order valence-electron chi connectivity index (χ4n) is 2.42. The van der Waals surface area contributed by atoms with Crippen LogP contribution < -0.4 is 10.2 Å². The number of esters is 1. The molecular formula is C17H21N5O2. The van der Waals surface area contributed by atoms with Crippen molar-refractivity contribution in [3.8, 4) is 0 Å². The molecule has 7 heteroatoms. The Kier molecular flexibility index (Phi) is 4.59. The molecule has 3 rings (SSSR count). The number of rotatable bonds is 6. The van der Waals surface area contributed by atoms with E-state index in [-0.39, 0.29) is 5.97 Å². The Balaban J connectivity index is 1.75. The maximum atomic E-state index is 11.9. The molecule has 0 aromatic carbocycles. The van der Waals surface area contributed by atoms with Gasteiger partial charge in [-0.05, 0) is 31.0 Å². The van der Waals surface area contributed by atoms with Crippen LogP contribution in [-0.2, 0) is 11.3 Å². The van der Waals surface area contributed by atoms with Crippen LogP contribution in [0.15, 0.2) is 24.4 Å². The number of aromatic nitrogens is 3. The van der Waals surface area contributed by atoms with Gasteiger partial charge >= 0.3 is 5.97 Å². The highest BCUT2D eigenvalue weighted by atomic mass is 16.5. The molecular weight excluding hydrogens is 306 g/mol. The first-order chi connectivity index (χ1) is 11.6. The molecule has 0 bridgehead atoms. The van der Waals surface area contributed by atoms with E-state index in [0.717, 1.165) is 30.0 Å². The standard InChI is InChI=1S/C17H21N5O2/c1-22(2)14-8-9-18-17(21-14)19-10-12-6-7-13(16(23)24-3)15(20-12)11-4-5-11/h6-9,11H,4-5,10H2,1-3H3,(H,18,19,21). The highest BCUT2D eigenvalue weighted by molar-refractivity contribution is 5.90. The number of hydrogen-bond acceptors (Lipinski definition) is 7. The van der Waals surface area contributed by atoms with E-state index in [1.54, 1.807) is 12.3 Å². The lowest BCUT2D eigenvalue weighted by Gasteiger charge is -2.13. The summed E-state index contributed by atoms with van der Waals surface area (Å²) in [6.07, 6.45) is 3.86. The lowest BCUT2D eigenvalue weighted by molar-refractivity contribution is 0.0598. The van der Waals surface area contributed by atoms with Crippen LogP contribution in [0.4, 0.5) is 11.8 Å². The van der Waals surface area contributed by atoms with Crippen LogP contribution in [0.2, 0.25) is 0 Å². The molecule has 0 aliphatic heterocycles. The average Bonchev–Trinajstić information content (AvgIpc) is 3.44. The van der Waals surface area contributed by atoms with Crippen LogP contribution in [0.3, 0.4) is 0 Å². The van der Waals surface area contributed by atoms with Crippen LogP contribution in [0.25, 0.3) is 0 Å². The van der Waals surface area contributed by atoms with Crippen molar-refractivity contribution >= 4 is 17.7 Å².